The third-order valence-electron chi connectivity index (χ3n) is 4.91. The van der Waals surface area contributed by atoms with Crippen LogP contribution in [0.1, 0.15) is 11.4 Å². The molecule has 0 radical (unpaired) electrons. The Labute approximate surface area is 201 Å². The van der Waals surface area contributed by atoms with E-state index in [2.05, 4.69) is 16.3 Å². The molecule has 8 heteroatoms. The van der Waals surface area contributed by atoms with Gasteiger partial charge in [0.1, 0.15) is 12.4 Å². The average Bonchev–Trinajstić information content (AvgIpc) is 3.25. The van der Waals surface area contributed by atoms with Crippen LogP contribution in [0.4, 0.5) is 5.69 Å². The molecule has 3 aromatic carbocycles. The van der Waals surface area contributed by atoms with Crippen LogP contribution in [0.5, 0.6) is 0 Å². The smallest absolute Gasteiger partial charge is 0.238 e. The lowest BCUT2D eigenvalue weighted by Crippen LogP contribution is -2.32. The molecule has 0 fully saturated rings. The van der Waals surface area contributed by atoms with E-state index in [4.69, 9.17) is 11.6 Å². The number of carbonyl (C=O) groups excluding carboxylic acids is 1. The van der Waals surface area contributed by atoms with E-state index in [9.17, 15) is 10.1 Å². The molecule has 0 N–H and O–H groups in total. The van der Waals surface area contributed by atoms with E-state index in [-0.39, 0.29) is 18.2 Å². The molecule has 0 aliphatic heterocycles. The van der Waals surface area contributed by atoms with Crippen molar-refractivity contribution in [3.63, 3.8) is 0 Å². The van der Waals surface area contributed by atoms with E-state index in [1.165, 1.54) is 16.7 Å². The molecule has 0 saturated carbocycles. The monoisotopic (exact) mass is 473 g/mol. The first-order chi connectivity index (χ1) is 16.2. The standard InChI is InChI=1S/C25H20ClN5OS/c26-20-11-13-22(14-12-20)31-23(17-19-7-3-1-4-8-19)28-29-25(31)33-18-24(32)30(16-15-27)21-9-5-2-6-10-21/h1-14H,16-18H2. The maximum Gasteiger partial charge on any atom is 0.238 e. The third kappa shape index (κ3) is 5.61. The Kier molecular flexibility index (Phi) is 7.40. The summed E-state index contributed by atoms with van der Waals surface area (Å²) in [6.07, 6.45) is 0.593. The summed E-state index contributed by atoms with van der Waals surface area (Å²) < 4.78 is 1.94. The topological polar surface area (TPSA) is 74.8 Å². The van der Waals surface area contributed by atoms with Crippen molar-refractivity contribution in [2.45, 2.75) is 11.6 Å². The highest BCUT2D eigenvalue weighted by molar-refractivity contribution is 7.99. The van der Waals surface area contributed by atoms with Crippen molar-refractivity contribution in [1.82, 2.24) is 14.8 Å². The quantitative estimate of drug-likeness (QED) is 0.261. The fraction of sp³-hybridized carbons (Fsp3) is 0.120. The van der Waals surface area contributed by atoms with Gasteiger partial charge in [-0.25, -0.2) is 0 Å². The van der Waals surface area contributed by atoms with Crippen molar-refractivity contribution in [3.8, 4) is 11.8 Å². The van der Waals surface area contributed by atoms with Crippen LogP contribution in [0.2, 0.25) is 5.02 Å². The van der Waals surface area contributed by atoms with Gasteiger partial charge in [-0.15, -0.1) is 10.2 Å². The van der Waals surface area contributed by atoms with Crippen LogP contribution in [-0.2, 0) is 11.2 Å². The lowest BCUT2D eigenvalue weighted by Gasteiger charge is -2.19. The summed E-state index contributed by atoms with van der Waals surface area (Å²) in [4.78, 5) is 14.4. The molecule has 164 valence electrons. The number of para-hydroxylation sites is 1. The number of aromatic nitrogens is 3. The fourth-order valence-electron chi connectivity index (χ4n) is 3.34. The van der Waals surface area contributed by atoms with Crippen molar-refractivity contribution in [2.75, 3.05) is 17.2 Å². The van der Waals surface area contributed by atoms with Crippen LogP contribution in [0.3, 0.4) is 0 Å². The van der Waals surface area contributed by atoms with Gasteiger partial charge < -0.3 is 0 Å². The molecule has 0 atom stereocenters. The Hall–Kier alpha value is -3.60. The van der Waals surface area contributed by atoms with Crippen molar-refractivity contribution in [1.29, 1.82) is 5.26 Å². The summed E-state index contributed by atoms with van der Waals surface area (Å²) in [6, 6.07) is 28.7. The Morgan fingerprint density at radius 2 is 1.64 bits per heavy atom. The highest BCUT2D eigenvalue weighted by Crippen LogP contribution is 2.25. The number of carbonyl (C=O) groups is 1. The number of thioether (sulfide) groups is 1. The molecule has 0 aliphatic carbocycles. The van der Waals surface area contributed by atoms with E-state index < -0.39 is 0 Å². The van der Waals surface area contributed by atoms with Gasteiger partial charge >= 0.3 is 0 Å². The third-order valence-corrected chi connectivity index (χ3v) is 6.08. The highest BCUT2D eigenvalue weighted by atomic mass is 35.5. The number of nitriles is 1. The molecule has 0 unspecified atom stereocenters. The van der Waals surface area contributed by atoms with Gasteiger partial charge in [0.25, 0.3) is 0 Å². The van der Waals surface area contributed by atoms with Crippen LogP contribution < -0.4 is 4.90 Å². The Morgan fingerprint density at radius 3 is 2.30 bits per heavy atom. The van der Waals surface area contributed by atoms with E-state index >= 15 is 0 Å². The number of rotatable bonds is 8. The number of hydrogen-bond acceptors (Lipinski definition) is 5. The minimum absolute atomic E-state index is 0.0213. The summed E-state index contributed by atoms with van der Waals surface area (Å²) in [7, 11) is 0. The summed E-state index contributed by atoms with van der Waals surface area (Å²) in [5.41, 5.74) is 2.66. The fourth-order valence-corrected chi connectivity index (χ4v) is 4.32. The predicted molar refractivity (Wildman–Crippen MR) is 131 cm³/mol. The maximum absolute atomic E-state index is 13.0. The highest BCUT2D eigenvalue weighted by Gasteiger charge is 2.20. The second-order valence-electron chi connectivity index (χ2n) is 7.14. The number of amides is 1. The zero-order chi connectivity index (χ0) is 23.0. The van der Waals surface area contributed by atoms with Crippen molar-refractivity contribution >= 4 is 35.0 Å². The number of benzene rings is 3. The van der Waals surface area contributed by atoms with E-state index in [0.717, 1.165) is 17.1 Å². The Balaban J connectivity index is 1.60. The van der Waals surface area contributed by atoms with Gasteiger partial charge in [0.05, 0.1) is 11.8 Å². The zero-order valence-corrected chi connectivity index (χ0v) is 19.2. The molecule has 0 aliphatic rings. The van der Waals surface area contributed by atoms with Gasteiger partial charge in [0.15, 0.2) is 5.16 Å². The molecule has 4 rings (SSSR count). The molecule has 0 spiro atoms. The van der Waals surface area contributed by atoms with Gasteiger partial charge in [0, 0.05) is 22.8 Å². The summed E-state index contributed by atoms with van der Waals surface area (Å²) >= 11 is 7.38. The van der Waals surface area contributed by atoms with Crippen LogP contribution in [0.15, 0.2) is 90.1 Å². The molecular weight excluding hydrogens is 454 g/mol. The molecule has 0 saturated heterocycles. The molecule has 1 amide bonds. The SMILES string of the molecule is N#CCN(C(=O)CSc1nnc(Cc2ccccc2)n1-c1ccc(Cl)cc1)c1ccccc1. The van der Waals surface area contributed by atoms with Crippen molar-refractivity contribution in [3.05, 3.63) is 101 Å². The number of hydrogen-bond donors (Lipinski definition) is 0. The van der Waals surface area contributed by atoms with Gasteiger partial charge in [-0.3, -0.25) is 14.3 Å². The summed E-state index contributed by atoms with van der Waals surface area (Å²) in [5, 5.41) is 19.2. The normalized spacial score (nSPS) is 10.5. The first kappa shape index (κ1) is 22.6. The second-order valence-corrected chi connectivity index (χ2v) is 8.51. The van der Waals surface area contributed by atoms with Crippen LogP contribution in [0, 0.1) is 11.3 Å². The largest absolute Gasteiger partial charge is 0.298 e. The van der Waals surface area contributed by atoms with E-state index in [1.54, 1.807) is 0 Å². The number of halogens is 1. The Bertz CT molecular complexity index is 1250. The van der Waals surface area contributed by atoms with Crippen molar-refractivity contribution < 1.29 is 4.79 Å². The minimum atomic E-state index is -0.178. The maximum atomic E-state index is 13.0. The van der Waals surface area contributed by atoms with Crippen LogP contribution in [-0.4, -0.2) is 33.0 Å². The van der Waals surface area contributed by atoms with Gasteiger partial charge in [-0.2, -0.15) is 5.26 Å². The van der Waals surface area contributed by atoms with Gasteiger partial charge in [-0.1, -0.05) is 71.9 Å². The zero-order valence-electron chi connectivity index (χ0n) is 17.6. The summed E-state index contributed by atoms with van der Waals surface area (Å²) in [5.74, 6) is 0.701. The minimum Gasteiger partial charge on any atom is -0.298 e. The Morgan fingerprint density at radius 1 is 0.970 bits per heavy atom. The van der Waals surface area contributed by atoms with Gasteiger partial charge in [0.2, 0.25) is 5.91 Å². The molecule has 1 aromatic heterocycles. The van der Waals surface area contributed by atoms with Crippen molar-refractivity contribution in [2.24, 2.45) is 0 Å². The second kappa shape index (κ2) is 10.8. The lowest BCUT2D eigenvalue weighted by atomic mass is 10.1. The first-order valence-corrected chi connectivity index (χ1v) is 11.6. The molecular formula is C25H20ClN5OS. The van der Waals surface area contributed by atoms with Crippen LogP contribution in [0.25, 0.3) is 5.69 Å². The molecule has 0 bridgehead atoms. The van der Waals surface area contributed by atoms with E-state index in [1.807, 2.05) is 89.5 Å². The van der Waals surface area contributed by atoms with Crippen LogP contribution >= 0.6 is 23.4 Å². The average molecular weight is 474 g/mol. The van der Waals surface area contributed by atoms with E-state index in [0.29, 0.717) is 22.3 Å². The van der Waals surface area contributed by atoms with Gasteiger partial charge in [-0.05, 0) is 42.0 Å². The first-order valence-electron chi connectivity index (χ1n) is 10.2. The number of anilines is 1. The molecule has 1 heterocycles. The molecule has 6 nitrogen and oxygen atoms in total. The lowest BCUT2D eigenvalue weighted by molar-refractivity contribution is -0.116. The number of nitrogens with zero attached hydrogens (tertiary/aromatic N) is 5. The molecule has 4 aromatic rings. The predicted octanol–water partition coefficient (Wildman–Crippen LogP) is 5.16. The summed E-state index contributed by atoms with van der Waals surface area (Å²) in [6.45, 7) is -0.0213. The molecule has 33 heavy (non-hydrogen) atoms.